The second-order valence-electron chi connectivity index (χ2n) is 6.24. The van der Waals surface area contributed by atoms with Crippen molar-refractivity contribution in [1.82, 2.24) is 4.90 Å². The molecule has 0 N–H and O–H groups in total. The van der Waals surface area contributed by atoms with Crippen LogP contribution in [0.4, 0.5) is 0 Å². The molecule has 3 rings (SSSR count). The summed E-state index contributed by atoms with van der Waals surface area (Å²) in [5.41, 5.74) is 1.25. The predicted octanol–water partition coefficient (Wildman–Crippen LogP) is 6.24. The molecular weight excluding hydrogens is 314 g/mol. The van der Waals surface area contributed by atoms with Crippen LogP contribution in [0, 0.1) is 5.92 Å². The van der Waals surface area contributed by atoms with Crippen LogP contribution in [0.25, 0.3) is 10.4 Å². The van der Waals surface area contributed by atoms with Crippen molar-refractivity contribution in [3.05, 3.63) is 65.8 Å². The summed E-state index contributed by atoms with van der Waals surface area (Å²) in [6.45, 7) is 4.52. The molecule has 2 aromatic rings. The molecule has 2 atom stereocenters. The zero-order valence-corrected chi connectivity index (χ0v) is 15.4. The summed E-state index contributed by atoms with van der Waals surface area (Å²) in [4.78, 5) is 5.07. The molecule has 0 bridgehead atoms. The minimum Gasteiger partial charge on any atom is -0.497 e. The van der Waals surface area contributed by atoms with E-state index in [1.165, 1.54) is 15.3 Å². The number of thiophene rings is 1. The van der Waals surface area contributed by atoms with E-state index in [1.54, 1.807) is 7.11 Å². The summed E-state index contributed by atoms with van der Waals surface area (Å²) in [6, 6.07) is 13.2. The van der Waals surface area contributed by atoms with E-state index in [0.29, 0.717) is 12.0 Å². The maximum atomic E-state index is 5.25. The van der Waals surface area contributed by atoms with Gasteiger partial charge < -0.3 is 9.64 Å². The van der Waals surface area contributed by atoms with E-state index in [0.717, 1.165) is 18.6 Å². The van der Waals surface area contributed by atoms with Gasteiger partial charge in [0.2, 0.25) is 0 Å². The number of methoxy groups -OCH3 is 1. The van der Waals surface area contributed by atoms with Gasteiger partial charge in [-0.1, -0.05) is 26.0 Å². The van der Waals surface area contributed by atoms with Crippen LogP contribution < -0.4 is 4.74 Å². The van der Waals surface area contributed by atoms with Crippen LogP contribution in [0.3, 0.4) is 0 Å². The van der Waals surface area contributed by atoms with E-state index in [2.05, 4.69) is 67.6 Å². The van der Waals surface area contributed by atoms with Crippen molar-refractivity contribution >= 4 is 11.3 Å². The van der Waals surface area contributed by atoms with Gasteiger partial charge in [0.1, 0.15) is 5.75 Å². The lowest BCUT2D eigenvalue weighted by molar-refractivity contribution is 0.369. The largest absolute Gasteiger partial charge is 0.497 e. The van der Waals surface area contributed by atoms with Crippen LogP contribution in [0.5, 0.6) is 5.75 Å². The van der Waals surface area contributed by atoms with Gasteiger partial charge in [-0.15, -0.1) is 11.3 Å². The Labute approximate surface area is 149 Å². The van der Waals surface area contributed by atoms with E-state index in [4.69, 9.17) is 4.74 Å². The van der Waals surface area contributed by atoms with Gasteiger partial charge in [0.05, 0.1) is 13.2 Å². The van der Waals surface area contributed by atoms with Crippen molar-refractivity contribution in [3.8, 4) is 16.2 Å². The Morgan fingerprint density at radius 1 is 1.17 bits per heavy atom. The van der Waals surface area contributed by atoms with Gasteiger partial charge in [-0.2, -0.15) is 0 Å². The molecular formula is C21H25NOS. The van der Waals surface area contributed by atoms with Crippen LogP contribution >= 0.6 is 11.3 Å². The number of hydrogen-bond acceptors (Lipinski definition) is 3. The van der Waals surface area contributed by atoms with Crippen LogP contribution in [0.15, 0.2) is 61.0 Å². The van der Waals surface area contributed by atoms with Crippen LogP contribution in [0.1, 0.15) is 37.6 Å². The molecule has 1 aliphatic heterocycles. The molecule has 24 heavy (non-hydrogen) atoms. The van der Waals surface area contributed by atoms with Gasteiger partial charge in [0, 0.05) is 22.2 Å². The third kappa shape index (κ3) is 3.73. The number of benzene rings is 1. The van der Waals surface area contributed by atoms with Gasteiger partial charge in [0.25, 0.3) is 0 Å². The Morgan fingerprint density at radius 2 is 1.96 bits per heavy atom. The number of hydrogen-bond donors (Lipinski definition) is 0. The van der Waals surface area contributed by atoms with E-state index >= 15 is 0 Å². The van der Waals surface area contributed by atoms with Crippen molar-refractivity contribution in [2.75, 3.05) is 7.11 Å². The number of allylic oxidation sites excluding steroid dienone is 2. The molecule has 0 spiro atoms. The molecule has 0 fully saturated rings. The molecule has 1 aromatic heterocycles. The van der Waals surface area contributed by atoms with Crippen LogP contribution in [0.2, 0.25) is 0 Å². The molecule has 1 aliphatic rings. The maximum Gasteiger partial charge on any atom is 0.118 e. The minimum atomic E-state index is 0.403. The van der Waals surface area contributed by atoms with Crippen LogP contribution in [-0.4, -0.2) is 12.0 Å². The highest BCUT2D eigenvalue weighted by molar-refractivity contribution is 7.15. The van der Waals surface area contributed by atoms with Gasteiger partial charge in [-0.3, -0.25) is 0 Å². The Hall–Kier alpha value is -2.00. The first-order valence-electron chi connectivity index (χ1n) is 8.58. The summed E-state index contributed by atoms with van der Waals surface area (Å²) in [6.07, 6.45) is 11.3. The van der Waals surface area contributed by atoms with E-state index in [1.807, 2.05) is 23.5 Å². The molecule has 0 amide bonds. The third-order valence-corrected chi connectivity index (χ3v) is 5.68. The van der Waals surface area contributed by atoms with Gasteiger partial charge in [-0.25, -0.2) is 0 Å². The molecule has 0 radical (unpaired) electrons. The highest BCUT2D eigenvalue weighted by atomic mass is 32.1. The van der Waals surface area contributed by atoms with E-state index < -0.39 is 0 Å². The molecule has 3 heteroatoms. The second kappa shape index (κ2) is 7.71. The number of rotatable bonds is 5. The average Bonchev–Trinajstić information content (AvgIpc) is 2.99. The molecule has 0 saturated heterocycles. The van der Waals surface area contributed by atoms with Crippen molar-refractivity contribution in [2.45, 2.75) is 32.7 Å². The van der Waals surface area contributed by atoms with Gasteiger partial charge in [-0.05, 0) is 60.7 Å². The van der Waals surface area contributed by atoms with Crippen LogP contribution in [-0.2, 0) is 0 Å². The van der Waals surface area contributed by atoms with Gasteiger partial charge >= 0.3 is 0 Å². The second-order valence-corrected chi connectivity index (χ2v) is 7.36. The molecule has 0 aliphatic carbocycles. The number of nitrogens with zero attached hydrogens (tertiary/aromatic N) is 1. The summed E-state index contributed by atoms with van der Waals surface area (Å²) in [5, 5.41) is 0. The fourth-order valence-electron chi connectivity index (χ4n) is 2.98. The zero-order chi connectivity index (χ0) is 16.9. The Bertz CT molecular complexity index is 714. The Balaban J connectivity index is 1.83. The van der Waals surface area contributed by atoms with Crippen molar-refractivity contribution < 1.29 is 4.74 Å². The molecule has 2 nitrogen and oxygen atoms in total. The first kappa shape index (κ1) is 16.8. The first-order chi connectivity index (χ1) is 11.7. The van der Waals surface area contributed by atoms with Gasteiger partial charge in [0.15, 0.2) is 0 Å². The quantitative estimate of drug-likeness (QED) is 0.639. The highest BCUT2D eigenvalue weighted by Gasteiger charge is 2.18. The summed E-state index contributed by atoms with van der Waals surface area (Å²) in [5.74, 6) is 1.51. The van der Waals surface area contributed by atoms with Crippen molar-refractivity contribution in [1.29, 1.82) is 0 Å². The Kier molecular flexibility index (Phi) is 5.41. The van der Waals surface area contributed by atoms with E-state index in [-0.39, 0.29) is 0 Å². The maximum absolute atomic E-state index is 5.25. The lowest BCUT2D eigenvalue weighted by atomic mass is 10.1. The molecule has 2 heterocycles. The lowest BCUT2D eigenvalue weighted by Crippen LogP contribution is -2.16. The van der Waals surface area contributed by atoms with Crippen molar-refractivity contribution in [3.63, 3.8) is 0 Å². The summed E-state index contributed by atoms with van der Waals surface area (Å²) < 4.78 is 5.25. The average molecular weight is 340 g/mol. The third-order valence-electron chi connectivity index (χ3n) is 4.45. The standard InChI is InChI=1S/C21H25NOS/c1-4-19(22-14-5-6-16(2)13-15-22)21-12-11-20(24-21)17-7-9-18(23-3)10-8-17/h5,7-16,19H,4,6H2,1-3H3. The lowest BCUT2D eigenvalue weighted by Gasteiger charge is -2.25. The smallest absolute Gasteiger partial charge is 0.118 e. The fraction of sp³-hybridized carbons (Fsp3) is 0.333. The fourth-order valence-corrected chi connectivity index (χ4v) is 4.19. The molecule has 2 unspecified atom stereocenters. The Morgan fingerprint density at radius 3 is 2.67 bits per heavy atom. The normalized spacial score (nSPS) is 18.5. The van der Waals surface area contributed by atoms with Crippen molar-refractivity contribution in [2.24, 2.45) is 5.92 Å². The van der Waals surface area contributed by atoms with E-state index in [9.17, 15) is 0 Å². The SMILES string of the molecule is CCC(c1ccc(-c2ccc(OC)cc2)s1)N1C=CCC(C)C=C1. The molecule has 0 saturated carbocycles. The molecule has 1 aromatic carbocycles. The predicted molar refractivity (Wildman–Crippen MR) is 103 cm³/mol. The minimum absolute atomic E-state index is 0.403. The number of ether oxygens (including phenoxy) is 1. The summed E-state index contributed by atoms with van der Waals surface area (Å²) in [7, 11) is 1.70. The summed E-state index contributed by atoms with van der Waals surface area (Å²) >= 11 is 1.88. The first-order valence-corrected chi connectivity index (χ1v) is 9.39. The monoisotopic (exact) mass is 339 g/mol. The topological polar surface area (TPSA) is 12.5 Å². The highest BCUT2D eigenvalue weighted by Crippen LogP contribution is 2.36. The molecule has 126 valence electrons. The zero-order valence-electron chi connectivity index (χ0n) is 14.6.